The van der Waals surface area contributed by atoms with Crippen LogP contribution >= 0.6 is 47.0 Å². The molecular formula is C21H24INO5S2. The van der Waals surface area contributed by atoms with Crippen LogP contribution in [0.3, 0.4) is 0 Å². The van der Waals surface area contributed by atoms with Gasteiger partial charge in [-0.1, -0.05) is 6.92 Å². The zero-order valence-electron chi connectivity index (χ0n) is 16.6. The number of rotatable bonds is 9. The summed E-state index contributed by atoms with van der Waals surface area (Å²) < 4.78 is 11.7. The van der Waals surface area contributed by atoms with Gasteiger partial charge in [0, 0.05) is 25.6 Å². The number of halogens is 1. The van der Waals surface area contributed by atoms with E-state index >= 15 is 0 Å². The predicted molar refractivity (Wildman–Crippen MR) is 130 cm³/mol. The number of phenols is 1. The molecule has 0 aliphatic rings. The Morgan fingerprint density at radius 3 is 2.57 bits per heavy atom. The Bertz CT molecular complexity index is 863. The number of phenolic OH excluding ortho intramolecular Hbond substituents is 1. The molecular weight excluding hydrogens is 537 g/mol. The van der Waals surface area contributed by atoms with Crippen LogP contribution in [0.1, 0.15) is 25.0 Å². The van der Waals surface area contributed by atoms with E-state index in [4.69, 9.17) is 9.47 Å². The van der Waals surface area contributed by atoms with Crippen LogP contribution in [0.15, 0.2) is 47.4 Å². The van der Waals surface area contributed by atoms with Gasteiger partial charge in [-0.3, -0.25) is 10.1 Å². The number of hydrogen-bond donors (Lipinski definition) is 3. The van der Waals surface area contributed by atoms with E-state index < -0.39 is 18.2 Å². The third kappa shape index (κ3) is 7.59. The molecule has 0 fully saturated rings. The fourth-order valence-corrected chi connectivity index (χ4v) is 3.75. The second-order valence-electron chi connectivity index (χ2n) is 6.53. The van der Waals surface area contributed by atoms with Gasteiger partial charge in [-0.25, -0.2) is 4.79 Å². The summed E-state index contributed by atoms with van der Waals surface area (Å²) in [6.45, 7) is 2.04. The Morgan fingerprint density at radius 1 is 1.23 bits per heavy atom. The van der Waals surface area contributed by atoms with E-state index in [1.54, 1.807) is 42.1 Å². The Labute approximate surface area is 199 Å². The van der Waals surface area contributed by atoms with E-state index in [9.17, 15) is 14.7 Å². The van der Waals surface area contributed by atoms with Gasteiger partial charge in [0.2, 0.25) is 0 Å². The van der Waals surface area contributed by atoms with Crippen molar-refractivity contribution in [1.82, 2.24) is 0 Å². The summed E-state index contributed by atoms with van der Waals surface area (Å²) in [6, 6.07) is 12.5. The molecule has 1 amide bonds. The van der Waals surface area contributed by atoms with E-state index in [0.29, 0.717) is 17.7 Å². The van der Waals surface area contributed by atoms with Gasteiger partial charge in [-0.2, -0.15) is 12.6 Å². The molecule has 2 atom stereocenters. The van der Waals surface area contributed by atoms with E-state index in [-0.39, 0.29) is 24.0 Å². The normalized spacial score (nSPS) is 12.7. The molecule has 0 aromatic heterocycles. The van der Waals surface area contributed by atoms with Gasteiger partial charge in [0.1, 0.15) is 11.9 Å². The minimum atomic E-state index is -0.722. The molecule has 162 valence electrons. The van der Waals surface area contributed by atoms with E-state index in [0.717, 1.165) is 8.47 Å². The molecule has 2 N–H and O–H groups in total. The fraction of sp³-hybridized carbons (Fsp3) is 0.333. The van der Waals surface area contributed by atoms with Crippen molar-refractivity contribution in [1.29, 1.82) is 0 Å². The lowest BCUT2D eigenvalue weighted by Crippen LogP contribution is -2.23. The van der Waals surface area contributed by atoms with Crippen molar-refractivity contribution in [2.45, 2.75) is 24.3 Å². The average molecular weight is 561 g/mol. The van der Waals surface area contributed by atoms with Gasteiger partial charge >= 0.3 is 12.1 Å². The monoisotopic (exact) mass is 561 g/mol. The number of carbonyl (C=O) groups is 2. The van der Waals surface area contributed by atoms with Gasteiger partial charge in [0.05, 0.1) is 12.4 Å². The molecule has 0 aliphatic heterocycles. The first-order valence-corrected chi connectivity index (χ1v) is 12.1. The largest absolute Gasteiger partial charge is 0.508 e. The molecule has 0 spiro atoms. The zero-order chi connectivity index (χ0) is 22.1. The van der Waals surface area contributed by atoms with E-state index in [1.807, 2.05) is 25.3 Å². The number of carbonyl (C=O) groups excluding carboxylic acids is 2. The lowest BCUT2D eigenvalue weighted by atomic mass is 9.94. The number of benzene rings is 2. The summed E-state index contributed by atoms with van der Waals surface area (Å²) in [6.07, 6.45) is 1.07. The van der Waals surface area contributed by atoms with Gasteiger partial charge in [-0.15, -0.1) is 11.8 Å². The maximum Gasteiger partial charge on any atom is 0.412 e. The molecule has 0 radical (unpaired) electrons. The quantitative estimate of drug-likeness (QED) is 0.162. The van der Waals surface area contributed by atoms with Crippen molar-refractivity contribution < 1.29 is 24.2 Å². The number of thiol groups is 1. The molecule has 0 heterocycles. The molecule has 6 nitrogen and oxygen atoms in total. The summed E-state index contributed by atoms with van der Waals surface area (Å²) in [4.78, 5) is 25.0. The first-order valence-electron chi connectivity index (χ1n) is 9.20. The smallest absolute Gasteiger partial charge is 0.412 e. The summed E-state index contributed by atoms with van der Waals surface area (Å²) in [5, 5.41) is 13.1. The van der Waals surface area contributed by atoms with Crippen LogP contribution < -0.4 is 5.32 Å². The molecule has 0 saturated carbocycles. The second-order valence-corrected chi connectivity index (χ2v) is 8.97. The minimum Gasteiger partial charge on any atom is -0.508 e. The molecule has 0 aliphatic carbocycles. The summed E-state index contributed by atoms with van der Waals surface area (Å²) in [7, 11) is 0. The molecule has 0 unspecified atom stereocenters. The Hall–Kier alpha value is -1.59. The van der Waals surface area contributed by atoms with E-state index in [2.05, 4.69) is 40.5 Å². The highest BCUT2D eigenvalue weighted by Gasteiger charge is 2.27. The number of thioether (sulfide) groups is 1. The van der Waals surface area contributed by atoms with Crippen LogP contribution in [0.25, 0.3) is 0 Å². The molecule has 9 heteroatoms. The Balaban J connectivity index is 2.14. The highest BCUT2D eigenvalue weighted by atomic mass is 127. The number of amides is 1. The Morgan fingerprint density at radius 2 is 1.93 bits per heavy atom. The van der Waals surface area contributed by atoms with Crippen molar-refractivity contribution in [3.63, 3.8) is 0 Å². The van der Waals surface area contributed by atoms with Gasteiger partial charge in [-0.05, 0) is 77.7 Å². The highest BCUT2D eigenvalue weighted by molar-refractivity contribution is 14.1. The van der Waals surface area contributed by atoms with Crippen LogP contribution in [0.2, 0.25) is 0 Å². The number of aromatic hydroxyl groups is 1. The van der Waals surface area contributed by atoms with Crippen LogP contribution in [0.4, 0.5) is 10.5 Å². The average Bonchev–Trinajstić information content (AvgIpc) is 2.74. The standard InChI is InChI=1S/C21H24INO5S2/c1-13(9-10-27-19(25)12-29)20(17-11-14(22)3-8-18(17)24)28-21(26)23-15-4-6-16(30-2)7-5-15/h3-8,11,13,20,24,29H,9-10,12H2,1-2H3,(H,23,26)/t13-,20-/m0/s1. The molecule has 0 saturated heterocycles. The Kier molecular flexibility index (Phi) is 10.1. The summed E-state index contributed by atoms with van der Waals surface area (Å²) in [5.41, 5.74) is 1.11. The van der Waals surface area contributed by atoms with Crippen molar-refractivity contribution in [2.24, 2.45) is 5.92 Å². The van der Waals surface area contributed by atoms with Crippen LogP contribution in [0, 0.1) is 9.49 Å². The zero-order valence-corrected chi connectivity index (χ0v) is 20.5. The highest BCUT2D eigenvalue weighted by Crippen LogP contribution is 2.35. The summed E-state index contributed by atoms with van der Waals surface area (Å²) >= 11 is 7.62. The van der Waals surface area contributed by atoms with Crippen LogP contribution in [-0.4, -0.2) is 35.8 Å². The lowest BCUT2D eigenvalue weighted by Gasteiger charge is -2.25. The van der Waals surface area contributed by atoms with Crippen LogP contribution in [0.5, 0.6) is 5.75 Å². The molecule has 0 bridgehead atoms. The third-order valence-corrected chi connectivity index (χ3v) is 6.02. The number of anilines is 1. The first-order chi connectivity index (χ1) is 14.3. The van der Waals surface area contributed by atoms with Crippen LogP contribution in [-0.2, 0) is 14.3 Å². The van der Waals surface area contributed by atoms with Crippen molar-refractivity contribution in [3.8, 4) is 5.75 Å². The van der Waals surface area contributed by atoms with Gasteiger partial charge in [0.25, 0.3) is 0 Å². The van der Waals surface area contributed by atoms with Crippen molar-refractivity contribution in [2.75, 3.05) is 23.9 Å². The number of ether oxygens (including phenoxy) is 2. The summed E-state index contributed by atoms with van der Waals surface area (Å²) in [5.74, 6) is -0.585. The first kappa shape index (κ1) is 24.7. The maximum atomic E-state index is 12.6. The predicted octanol–water partition coefficient (Wildman–Crippen LogP) is 5.51. The van der Waals surface area contributed by atoms with Gasteiger partial charge in [0.15, 0.2) is 0 Å². The topological polar surface area (TPSA) is 84.9 Å². The maximum absolute atomic E-state index is 12.6. The minimum absolute atomic E-state index is 0.00368. The lowest BCUT2D eigenvalue weighted by molar-refractivity contribution is -0.141. The fourth-order valence-electron chi connectivity index (χ4n) is 2.73. The second kappa shape index (κ2) is 12.3. The molecule has 2 aromatic carbocycles. The van der Waals surface area contributed by atoms with Crippen molar-refractivity contribution >= 4 is 64.7 Å². The number of hydrogen-bond acceptors (Lipinski definition) is 7. The number of esters is 1. The van der Waals surface area contributed by atoms with E-state index in [1.165, 1.54) is 0 Å². The SMILES string of the molecule is CSc1ccc(NC(=O)O[C@H](c2cc(I)ccc2O)[C@@H](C)CCOC(=O)CS)cc1. The third-order valence-electron chi connectivity index (χ3n) is 4.35. The molecule has 2 rings (SSSR count). The molecule has 2 aromatic rings. The van der Waals surface area contributed by atoms with Crippen molar-refractivity contribution in [3.05, 3.63) is 51.6 Å². The molecule has 30 heavy (non-hydrogen) atoms. The number of nitrogens with one attached hydrogen (secondary N) is 1. The van der Waals surface area contributed by atoms with Gasteiger partial charge < -0.3 is 14.6 Å².